The van der Waals surface area contributed by atoms with Crippen LogP contribution >= 0.6 is 11.6 Å². The third-order valence-corrected chi connectivity index (χ3v) is 3.45. The molecule has 0 aromatic heterocycles. The topological polar surface area (TPSA) is 12.0 Å². The quantitative estimate of drug-likeness (QED) is 0.808. The van der Waals surface area contributed by atoms with Gasteiger partial charge in [-0.2, -0.15) is 0 Å². The lowest BCUT2D eigenvalue weighted by Crippen LogP contribution is -2.05. The first-order valence-electron chi connectivity index (χ1n) is 6.35. The number of halogens is 2. The predicted molar refractivity (Wildman–Crippen MR) is 79.3 cm³/mol. The van der Waals surface area contributed by atoms with Gasteiger partial charge in [0.1, 0.15) is 5.82 Å². The van der Waals surface area contributed by atoms with Crippen molar-refractivity contribution in [2.45, 2.75) is 26.3 Å². The van der Waals surface area contributed by atoms with Crippen LogP contribution in [0.1, 0.15) is 30.9 Å². The van der Waals surface area contributed by atoms with E-state index in [2.05, 4.69) is 25.2 Å². The highest BCUT2D eigenvalue weighted by Crippen LogP contribution is 2.26. The molecule has 0 fully saturated rings. The minimum atomic E-state index is -0.276. The van der Waals surface area contributed by atoms with E-state index in [1.54, 1.807) is 12.1 Å². The predicted octanol–water partition coefficient (Wildman–Crippen LogP) is 5.21. The number of hydrogen-bond acceptors (Lipinski definition) is 1. The zero-order chi connectivity index (χ0) is 13.8. The zero-order valence-corrected chi connectivity index (χ0v) is 11.8. The van der Waals surface area contributed by atoms with Gasteiger partial charge in [0.25, 0.3) is 0 Å². The second-order valence-corrected chi connectivity index (χ2v) is 5.20. The Morgan fingerprint density at radius 2 is 1.84 bits per heavy atom. The summed E-state index contributed by atoms with van der Waals surface area (Å²) in [7, 11) is 0. The molecule has 100 valence electrons. The van der Waals surface area contributed by atoms with E-state index in [1.807, 2.05) is 18.2 Å². The first-order chi connectivity index (χ1) is 9.09. The Kier molecular flexibility index (Phi) is 4.43. The van der Waals surface area contributed by atoms with E-state index in [0.717, 1.165) is 5.69 Å². The van der Waals surface area contributed by atoms with Crippen molar-refractivity contribution in [1.29, 1.82) is 0 Å². The second-order valence-electron chi connectivity index (χ2n) is 4.80. The smallest absolute Gasteiger partial charge is 0.129 e. The van der Waals surface area contributed by atoms with Gasteiger partial charge in [-0.15, -0.1) is 0 Å². The maximum absolute atomic E-state index is 13.7. The van der Waals surface area contributed by atoms with Gasteiger partial charge in [0.05, 0.1) is 0 Å². The van der Waals surface area contributed by atoms with Crippen molar-refractivity contribution in [2.75, 3.05) is 5.32 Å². The van der Waals surface area contributed by atoms with Gasteiger partial charge in [-0.1, -0.05) is 49.7 Å². The summed E-state index contributed by atoms with van der Waals surface area (Å²) in [5.74, 6) is 0.141. The highest BCUT2D eigenvalue weighted by atomic mass is 35.5. The molecule has 0 atom stereocenters. The standard InChI is InChI=1S/C16H17ClFN/c1-11(2)12-6-3-4-9-16(12)19-10-13-14(17)7-5-8-15(13)18/h3-9,11,19H,10H2,1-2H3. The molecule has 0 bridgehead atoms. The summed E-state index contributed by atoms with van der Waals surface area (Å²) in [6.45, 7) is 4.66. The van der Waals surface area contributed by atoms with Gasteiger partial charge in [0, 0.05) is 22.8 Å². The molecule has 0 aliphatic rings. The SMILES string of the molecule is CC(C)c1ccccc1NCc1c(F)cccc1Cl. The molecule has 2 rings (SSSR count). The summed E-state index contributed by atoms with van der Waals surface area (Å²) in [6.07, 6.45) is 0. The summed E-state index contributed by atoms with van der Waals surface area (Å²) in [5.41, 5.74) is 2.74. The number of nitrogens with one attached hydrogen (secondary N) is 1. The highest BCUT2D eigenvalue weighted by molar-refractivity contribution is 6.31. The van der Waals surface area contributed by atoms with Crippen molar-refractivity contribution in [3.8, 4) is 0 Å². The first kappa shape index (κ1) is 13.9. The third-order valence-electron chi connectivity index (χ3n) is 3.10. The number of anilines is 1. The van der Waals surface area contributed by atoms with Crippen molar-refractivity contribution in [2.24, 2.45) is 0 Å². The second kappa shape index (κ2) is 6.07. The molecular formula is C16H17ClFN. The Bertz CT molecular complexity index is 546. The fraction of sp³-hybridized carbons (Fsp3) is 0.250. The lowest BCUT2D eigenvalue weighted by atomic mass is 10.0. The highest BCUT2D eigenvalue weighted by Gasteiger charge is 2.09. The number of benzene rings is 2. The largest absolute Gasteiger partial charge is 0.381 e. The minimum absolute atomic E-state index is 0.276. The van der Waals surface area contributed by atoms with Crippen LogP contribution in [-0.4, -0.2) is 0 Å². The van der Waals surface area contributed by atoms with Gasteiger partial charge in [-0.25, -0.2) is 4.39 Å². The normalized spacial score (nSPS) is 10.8. The van der Waals surface area contributed by atoms with Crippen molar-refractivity contribution >= 4 is 17.3 Å². The van der Waals surface area contributed by atoms with Crippen LogP contribution in [-0.2, 0) is 6.54 Å². The summed E-state index contributed by atoms with van der Waals surface area (Å²) < 4.78 is 13.7. The van der Waals surface area contributed by atoms with Gasteiger partial charge in [-0.05, 0) is 29.7 Å². The maximum atomic E-state index is 13.7. The third kappa shape index (κ3) is 3.27. The molecule has 0 aliphatic heterocycles. The van der Waals surface area contributed by atoms with Crippen molar-refractivity contribution in [3.63, 3.8) is 0 Å². The van der Waals surface area contributed by atoms with Gasteiger partial charge < -0.3 is 5.32 Å². The van der Waals surface area contributed by atoms with Crippen LogP contribution in [0, 0.1) is 5.82 Å². The van der Waals surface area contributed by atoms with E-state index in [9.17, 15) is 4.39 Å². The molecule has 0 heterocycles. The number of rotatable bonds is 4. The lowest BCUT2D eigenvalue weighted by Gasteiger charge is -2.15. The first-order valence-corrected chi connectivity index (χ1v) is 6.73. The molecule has 0 amide bonds. The average molecular weight is 278 g/mol. The van der Waals surface area contributed by atoms with Crippen LogP contribution in [0.4, 0.5) is 10.1 Å². The van der Waals surface area contributed by atoms with Crippen molar-refractivity contribution in [3.05, 3.63) is 64.4 Å². The van der Waals surface area contributed by atoms with Crippen molar-refractivity contribution < 1.29 is 4.39 Å². The Labute approximate surface area is 118 Å². The molecule has 2 aromatic rings. The molecule has 1 N–H and O–H groups in total. The van der Waals surface area contributed by atoms with Crippen LogP contribution in [0.3, 0.4) is 0 Å². The van der Waals surface area contributed by atoms with Crippen LogP contribution < -0.4 is 5.32 Å². The Hall–Kier alpha value is -1.54. The van der Waals surface area contributed by atoms with Crippen LogP contribution in [0.25, 0.3) is 0 Å². The van der Waals surface area contributed by atoms with Crippen LogP contribution in [0.15, 0.2) is 42.5 Å². The zero-order valence-electron chi connectivity index (χ0n) is 11.1. The average Bonchev–Trinajstić information content (AvgIpc) is 2.38. The summed E-state index contributed by atoms with van der Waals surface area (Å²) >= 11 is 6.02. The Balaban J connectivity index is 2.19. The minimum Gasteiger partial charge on any atom is -0.381 e. The fourth-order valence-corrected chi connectivity index (χ4v) is 2.28. The molecule has 2 aromatic carbocycles. The maximum Gasteiger partial charge on any atom is 0.129 e. The fourth-order valence-electron chi connectivity index (χ4n) is 2.05. The van der Waals surface area contributed by atoms with Crippen LogP contribution in [0.5, 0.6) is 0 Å². The molecule has 0 aliphatic carbocycles. The molecule has 3 heteroatoms. The van der Waals surface area contributed by atoms with Crippen molar-refractivity contribution in [1.82, 2.24) is 0 Å². The molecule has 1 nitrogen and oxygen atoms in total. The van der Waals surface area contributed by atoms with Gasteiger partial charge in [0.2, 0.25) is 0 Å². The molecule has 0 spiro atoms. The van der Waals surface area contributed by atoms with E-state index in [4.69, 9.17) is 11.6 Å². The van der Waals surface area contributed by atoms with Gasteiger partial charge in [0.15, 0.2) is 0 Å². The summed E-state index contributed by atoms with van der Waals surface area (Å²) in [4.78, 5) is 0. The van der Waals surface area contributed by atoms with E-state index in [1.165, 1.54) is 11.6 Å². The Morgan fingerprint density at radius 1 is 1.11 bits per heavy atom. The monoisotopic (exact) mass is 277 g/mol. The van der Waals surface area contributed by atoms with E-state index < -0.39 is 0 Å². The molecule has 0 unspecified atom stereocenters. The van der Waals surface area contributed by atoms with E-state index in [-0.39, 0.29) is 5.82 Å². The van der Waals surface area contributed by atoms with Gasteiger partial charge >= 0.3 is 0 Å². The molecule has 0 radical (unpaired) electrons. The lowest BCUT2D eigenvalue weighted by molar-refractivity contribution is 0.613. The number of hydrogen-bond donors (Lipinski definition) is 1. The molecule has 0 saturated carbocycles. The van der Waals surface area contributed by atoms with Gasteiger partial charge in [-0.3, -0.25) is 0 Å². The Morgan fingerprint density at radius 3 is 2.53 bits per heavy atom. The number of para-hydroxylation sites is 1. The van der Waals surface area contributed by atoms with E-state index >= 15 is 0 Å². The van der Waals surface area contributed by atoms with Crippen LogP contribution in [0.2, 0.25) is 5.02 Å². The molecule has 0 saturated heterocycles. The molecule has 19 heavy (non-hydrogen) atoms. The summed E-state index contributed by atoms with van der Waals surface area (Å²) in [6, 6.07) is 12.8. The summed E-state index contributed by atoms with van der Waals surface area (Å²) in [5, 5.41) is 3.72. The van der Waals surface area contributed by atoms with E-state index in [0.29, 0.717) is 23.0 Å². The molecular weight excluding hydrogens is 261 g/mol.